The van der Waals surface area contributed by atoms with Crippen molar-refractivity contribution >= 4 is 23.6 Å². The molecule has 0 unspecified atom stereocenters. The standard InChI is InChI=1S/C23H31ClN4O3/c1-4-11-28-19(16-27-14-12-26(5-2)13-15-27)20(22(29)31-6-3)21(25-23(28)30)17-9-7-8-10-18(17)24/h4,7-10,21H,1,5-6,11-16H2,2-3H3,(H,25,30)/t21-/m1/s1. The smallest absolute Gasteiger partial charge is 0.338 e. The maximum Gasteiger partial charge on any atom is 0.338 e. The Morgan fingerprint density at radius 1 is 1.23 bits per heavy atom. The molecular formula is C23H31ClN4O3. The summed E-state index contributed by atoms with van der Waals surface area (Å²) in [4.78, 5) is 32.5. The molecule has 1 N–H and O–H groups in total. The number of benzene rings is 1. The first kappa shape index (κ1) is 23.3. The monoisotopic (exact) mass is 446 g/mol. The molecule has 8 heteroatoms. The van der Waals surface area contributed by atoms with Crippen LogP contribution in [0.15, 0.2) is 48.2 Å². The van der Waals surface area contributed by atoms with Crippen molar-refractivity contribution in [3.8, 4) is 0 Å². The Kier molecular flexibility index (Phi) is 8.12. The highest BCUT2D eigenvalue weighted by atomic mass is 35.5. The first-order valence-electron chi connectivity index (χ1n) is 10.8. The number of carbonyl (C=O) groups excluding carboxylic acids is 2. The van der Waals surface area contributed by atoms with Gasteiger partial charge in [0.05, 0.1) is 18.2 Å². The van der Waals surface area contributed by atoms with E-state index in [2.05, 4.69) is 28.6 Å². The van der Waals surface area contributed by atoms with Gasteiger partial charge in [-0.2, -0.15) is 0 Å². The Morgan fingerprint density at radius 2 is 1.90 bits per heavy atom. The summed E-state index contributed by atoms with van der Waals surface area (Å²) in [5.74, 6) is -0.441. The van der Waals surface area contributed by atoms with Gasteiger partial charge in [0.1, 0.15) is 0 Å². The minimum absolute atomic E-state index is 0.245. The Bertz CT molecular complexity index is 849. The summed E-state index contributed by atoms with van der Waals surface area (Å²) < 4.78 is 5.42. The van der Waals surface area contributed by atoms with Crippen LogP contribution in [-0.2, 0) is 9.53 Å². The summed E-state index contributed by atoms with van der Waals surface area (Å²) in [5.41, 5.74) is 1.75. The van der Waals surface area contributed by atoms with Crippen LogP contribution in [0.5, 0.6) is 0 Å². The molecular weight excluding hydrogens is 416 g/mol. The zero-order valence-electron chi connectivity index (χ0n) is 18.3. The zero-order valence-corrected chi connectivity index (χ0v) is 19.0. The normalized spacial score (nSPS) is 20.5. The second kappa shape index (κ2) is 10.8. The number of urea groups is 1. The van der Waals surface area contributed by atoms with Crippen LogP contribution < -0.4 is 5.32 Å². The van der Waals surface area contributed by atoms with Crippen LogP contribution in [0.25, 0.3) is 0 Å². The SMILES string of the molecule is C=CCN1C(=O)N[C@H](c2ccccc2Cl)C(C(=O)OCC)=C1CN1CCN(CC)CC1. The highest BCUT2D eigenvalue weighted by Crippen LogP contribution is 2.35. The molecule has 31 heavy (non-hydrogen) atoms. The third kappa shape index (κ3) is 5.29. The number of hydrogen-bond donors (Lipinski definition) is 1. The fourth-order valence-corrected chi connectivity index (χ4v) is 4.31. The van der Waals surface area contributed by atoms with E-state index in [-0.39, 0.29) is 12.6 Å². The molecule has 1 saturated heterocycles. The molecule has 3 rings (SSSR count). The topological polar surface area (TPSA) is 65.1 Å². The van der Waals surface area contributed by atoms with Crippen LogP contribution in [0.3, 0.4) is 0 Å². The Labute approximate surface area is 189 Å². The van der Waals surface area contributed by atoms with Crippen LogP contribution in [0.1, 0.15) is 25.5 Å². The van der Waals surface area contributed by atoms with E-state index in [0.717, 1.165) is 32.7 Å². The van der Waals surface area contributed by atoms with Crippen LogP contribution in [-0.4, -0.2) is 79.1 Å². The number of hydrogen-bond acceptors (Lipinski definition) is 5. The average Bonchev–Trinajstić information content (AvgIpc) is 2.77. The molecule has 0 aromatic heterocycles. The number of esters is 1. The minimum atomic E-state index is -0.673. The molecule has 1 fully saturated rings. The summed E-state index contributed by atoms with van der Waals surface area (Å²) in [7, 11) is 0. The minimum Gasteiger partial charge on any atom is -0.463 e. The van der Waals surface area contributed by atoms with Gasteiger partial charge < -0.3 is 15.0 Å². The van der Waals surface area contributed by atoms with Crippen molar-refractivity contribution in [2.45, 2.75) is 19.9 Å². The number of halogens is 1. The highest BCUT2D eigenvalue weighted by Gasteiger charge is 2.39. The molecule has 0 spiro atoms. The van der Waals surface area contributed by atoms with E-state index in [0.29, 0.717) is 34.9 Å². The van der Waals surface area contributed by atoms with E-state index in [1.54, 1.807) is 24.0 Å². The van der Waals surface area contributed by atoms with Gasteiger partial charge >= 0.3 is 12.0 Å². The van der Waals surface area contributed by atoms with Crippen LogP contribution >= 0.6 is 11.6 Å². The summed E-state index contributed by atoms with van der Waals surface area (Å²) in [6, 6.07) is 6.30. The summed E-state index contributed by atoms with van der Waals surface area (Å²) in [6.07, 6.45) is 1.66. The predicted octanol–water partition coefficient (Wildman–Crippen LogP) is 3.05. The van der Waals surface area contributed by atoms with Gasteiger partial charge in [-0.15, -0.1) is 6.58 Å². The van der Waals surface area contributed by atoms with Gasteiger partial charge in [-0.05, 0) is 25.1 Å². The van der Waals surface area contributed by atoms with Crippen molar-refractivity contribution in [2.24, 2.45) is 0 Å². The lowest BCUT2D eigenvalue weighted by molar-refractivity contribution is -0.139. The summed E-state index contributed by atoms with van der Waals surface area (Å²) >= 11 is 6.45. The first-order valence-corrected chi connectivity index (χ1v) is 11.2. The van der Waals surface area contributed by atoms with Crippen molar-refractivity contribution in [3.05, 3.63) is 58.8 Å². The fourth-order valence-electron chi connectivity index (χ4n) is 4.06. The van der Waals surface area contributed by atoms with Gasteiger partial charge in [0, 0.05) is 50.0 Å². The van der Waals surface area contributed by atoms with Crippen LogP contribution in [0, 0.1) is 0 Å². The zero-order chi connectivity index (χ0) is 22.4. The van der Waals surface area contributed by atoms with Crippen LogP contribution in [0.2, 0.25) is 5.02 Å². The van der Waals surface area contributed by atoms with E-state index in [1.165, 1.54) is 0 Å². The van der Waals surface area contributed by atoms with Crippen molar-refractivity contribution in [1.82, 2.24) is 20.0 Å². The van der Waals surface area contributed by atoms with E-state index in [9.17, 15) is 9.59 Å². The third-order valence-corrected chi connectivity index (χ3v) is 6.09. The largest absolute Gasteiger partial charge is 0.463 e. The van der Waals surface area contributed by atoms with E-state index < -0.39 is 12.0 Å². The fraction of sp³-hybridized carbons (Fsp3) is 0.478. The number of carbonyl (C=O) groups is 2. The molecule has 2 aliphatic rings. The molecule has 0 aliphatic carbocycles. The predicted molar refractivity (Wildman–Crippen MR) is 122 cm³/mol. The molecule has 1 aromatic carbocycles. The quantitative estimate of drug-likeness (QED) is 0.491. The van der Waals surface area contributed by atoms with E-state index in [4.69, 9.17) is 16.3 Å². The van der Waals surface area contributed by atoms with Gasteiger partial charge in [-0.3, -0.25) is 9.80 Å². The van der Waals surface area contributed by atoms with Crippen molar-refractivity contribution in [2.75, 3.05) is 52.4 Å². The number of likely N-dealkylation sites (N-methyl/N-ethyl adjacent to an activating group) is 1. The van der Waals surface area contributed by atoms with Crippen molar-refractivity contribution < 1.29 is 14.3 Å². The molecule has 168 valence electrons. The number of ether oxygens (including phenoxy) is 1. The van der Waals surface area contributed by atoms with Gasteiger partial charge in [-0.1, -0.05) is 42.8 Å². The van der Waals surface area contributed by atoms with Gasteiger partial charge in [0.2, 0.25) is 0 Å². The highest BCUT2D eigenvalue weighted by molar-refractivity contribution is 6.31. The number of piperazine rings is 1. The Balaban J connectivity index is 2.06. The van der Waals surface area contributed by atoms with Gasteiger partial charge in [0.15, 0.2) is 0 Å². The second-order valence-corrected chi connectivity index (χ2v) is 8.00. The lowest BCUT2D eigenvalue weighted by atomic mass is 9.94. The Morgan fingerprint density at radius 3 is 2.52 bits per heavy atom. The molecule has 0 radical (unpaired) electrons. The molecule has 1 atom stereocenters. The lowest BCUT2D eigenvalue weighted by Crippen LogP contribution is -2.53. The number of amides is 2. The third-order valence-electron chi connectivity index (χ3n) is 5.75. The second-order valence-electron chi connectivity index (χ2n) is 7.59. The number of nitrogens with one attached hydrogen (secondary N) is 1. The molecule has 2 heterocycles. The molecule has 0 bridgehead atoms. The molecule has 7 nitrogen and oxygen atoms in total. The average molecular weight is 447 g/mol. The number of nitrogens with zero attached hydrogens (tertiary/aromatic N) is 3. The van der Waals surface area contributed by atoms with Crippen LogP contribution in [0.4, 0.5) is 4.79 Å². The maximum absolute atomic E-state index is 13.1. The molecule has 1 aromatic rings. The summed E-state index contributed by atoms with van der Waals surface area (Å²) in [6.45, 7) is 13.4. The molecule has 2 amide bonds. The van der Waals surface area contributed by atoms with E-state index in [1.807, 2.05) is 18.2 Å². The van der Waals surface area contributed by atoms with Crippen molar-refractivity contribution in [3.63, 3.8) is 0 Å². The van der Waals surface area contributed by atoms with E-state index >= 15 is 0 Å². The van der Waals surface area contributed by atoms with Gasteiger partial charge in [-0.25, -0.2) is 9.59 Å². The summed E-state index contributed by atoms with van der Waals surface area (Å²) in [5, 5.41) is 3.44. The lowest BCUT2D eigenvalue weighted by Gasteiger charge is -2.40. The van der Waals surface area contributed by atoms with Crippen molar-refractivity contribution in [1.29, 1.82) is 0 Å². The Hall–Kier alpha value is -2.35. The maximum atomic E-state index is 13.1. The molecule has 2 aliphatic heterocycles. The number of rotatable bonds is 8. The van der Waals surface area contributed by atoms with Gasteiger partial charge in [0.25, 0.3) is 0 Å². The molecule has 0 saturated carbocycles. The first-order chi connectivity index (χ1) is 15.0.